The Morgan fingerprint density at radius 1 is 1.36 bits per heavy atom. The molecule has 0 aliphatic rings. The van der Waals surface area contributed by atoms with Crippen molar-refractivity contribution in [3.63, 3.8) is 0 Å². The Hall–Kier alpha value is -1.51. The highest BCUT2D eigenvalue weighted by atomic mass is 16.3. The molecular formula is C8H10N2O. The second-order valence-electron chi connectivity index (χ2n) is 2.37. The highest BCUT2D eigenvalue weighted by Gasteiger charge is 1.93. The van der Waals surface area contributed by atoms with Crippen molar-refractivity contribution in [3.05, 3.63) is 29.8 Å². The fourth-order valence-corrected chi connectivity index (χ4v) is 0.834. The topological polar surface area (TPSA) is 70.1 Å². The third kappa shape index (κ3) is 2.29. The summed E-state index contributed by atoms with van der Waals surface area (Å²) in [6.45, 7) is 0. The van der Waals surface area contributed by atoms with Gasteiger partial charge in [0.2, 0.25) is 0 Å². The Kier molecular flexibility index (Phi) is 2.11. The first-order valence-corrected chi connectivity index (χ1v) is 3.29. The number of phenols is 1. The van der Waals surface area contributed by atoms with E-state index in [-0.39, 0.29) is 11.6 Å². The summed E-state index contributed by atoms with van der Waals surface area (Å²) in [5, 5.41) is 15.9. The molecule has 1 aromatic rings. The van der Waals surface area contributed by atoms with Gasteiger partial charge in [0.05, 0.1) is 5.84 Å². The van der Waals surface area contributed by atoms with E-state index in [0.29, 0.717) is 6.42 Å². The Morgan fingerprint density at radius 3 is 2.36 bits per heavy atom. The first-order valence-electron chi connectivity index (χ1n) is 3.29. The van der Waals surface area contributed by atoms with Crippen LogP contribution >= 0.6 is 0 Å². The molecule has 0 heterocycles. The van der Waals surface area contributed by atoms with Gasteiger partial charge in [0, 0.05) is 6.42 Å². The molecular weight excluding hydrogens is 140 g/mol. The summed E-state index contributed by atoms with van der Waals surface area (Å²) >= 11 is 0. The lowest BCUT2D eigenvalue weighted by molar-refractivity contribution is 0.475. The number of hydrogen-bond acceptors (Lipinski definition) is 2. The van der Waals surface area contributed by atoms with E-state index in [1.807, 2.05) is 0 Å². The maximum absolute atomic E-state index is 8.91. The molecule has 58 valence electrons. The van der Waals surface area contributed by atoms with E-state index in [1.165, 1.54) is 0 Å². The molecule has 0 saturated heterocycles. The molecule has 0 atom stereocenters. The molecule has 0 aliphatic carbocycles. The van der Waals surface area contributed by atoms with Crippen LogP contribution in [0.4, 0.5) is 0 Å². The first-order chi connectivity index (χ1) is 5.18. The number of nitrogens with two attached hydrogens (primary N) is 1. The van der Waals surface area contributed by atoms with Crippen molar-refractivity contribution in [3.8, 4) is 5.75 Å². The SMILES string of the molecule is N=C(N)Cc1ccc(O)cc1. The van der Waals surface area contributed by atoms with E-state index < -0.39 is 0 Å². The second-order valence-corrected chi connectivity index (χ2v) is 2.37. The highest BCUT2D eigenvalue weighted by Crippen LogP contribution is 2.09. The van der Waals surface area contributed by atoms with Gasteiger partial charge in [-0.1, -0.05) is 12.1 Å². The zero-order valence-corrected chi connectivity index (χ0v) is 6.04. The number of amidine groups is 1. The monoisotopic (exact) mass is 150 g/mol. The number of hydrogen-bond donors (Lipinski definition) is 3. The van der Waals surface area contributed by atoms with E-state index in [9.17, 15) is 0 Å². The lowest BCUT2D eigenvalue weighted by Gasteiger charge is -1.98. The van der Waals surface area contributed by atoms with Crippen LogP contribution in [0.15, 0.2) is 24.3 Å². The van der Waals surface area contributed by atoms with Crippen LogP contribution in [0.1, 0.15) is 5.56 Å². The highest BCUT2D eigenvalue weighted by molar-refractivity contribution is 5.79. The summed E-state index contributed by atoms with van der Waals surface area (Å²) in [5.74, 6) is 0.369. The standard InChI is InChI=1S/C8H10N2O/c9-8(10)5-6-1-3-7(11)4-2-6/h1-4,11H,5H2,(H3,9,10). The number of nitrogens with one attached hydrogen (secondary N) is 1. The third-order valence-electron chi connectivity index (χ3n) is 1.33. The van der Waals surface area contributed by atoms with E-state index in [2.05, 4.69) is 0 Å². The average molecular weight is 150 g/mol. The first kappa shape index (κ1) is 7.60. The molecule has 3 nitrogen and oxygen atoms in total. The number of benzene rings is 1. The van der Waals surface area contributed by atoms with Gasteiger partial charge in [0.25, 0.3) is 0 Å². The number of rotatable bonds is 2. The van der Waals surface area contributed by atoms with E-state index >= 15 is 0 Å². The molecule has 1 rings (SSSR count). The van der Waals surface area contributed by atoms with Crippen LogP contribution in [0, 0.1) is 5.41 Å². The van der Waals surface area contributed by atoms with Gasteiger partial charge in [-0.3, -0.25) is 5.41 Å². The molecule has 0 radical (unpaired) electrons. The minimum absolute atomic E-state index is 0.135. The van der Waals surface area contributed by atoms with Crippen LogP contribution in [-0.4, -0.2) is 10.9 Å². The molecule has 4 N–H and O–H groups in total. The van der Waals surface area contributed by atoms with Gasteiger partial charge < -0.3 is 10.8 Å². The normalized spacial score (nSPS) is 9.45. The van der Waals surface area contributed by atoms with Gasteiger partial charge in [0.1, 0.15) is 5.75 Å². The zero-order chi connectivity index (χ0) is 8.27. The van der Waals surface area contributed by atoms with Gasteiger partial charge in [-0.15, -0.1) is 0 Å². The average Bonchev–Trinajstić information content (AvgIpc) is 1.93. The summed E-state index contributed by atoms with van der Waals surface area (Å²) in [5.41, 5.74) is 6.12. The van der Waals surface area contributed by atoms with Crippen molar-refractivity contribution in [1.82, 2.24) is 0 Å². The van der Waals surface area contributed by atoms with Crippen molar-refractivity contribution in [1.29, 1.82) is 5.41 Å². The van der Waals surface area contributed by atoms with Crippen molar-refractivity contribution in [2.45, 2.75) is 6.42 Å². The molecule has 0 fully saturated rings. The summed E-state index contributed by atoms with van der Waals surface area (Å²) in [7, 11) is 0. The molecule has 3 heteroatoms. The van der Waals surface area contributed by atoms with Crippen LogP contribution in [0.5, 0.6) is 5.75 Å². The predicted octanol–water partition coefficient (Wildman–Crippen LogP) is 0.871. The molecule has 0 aliphatic heterocycles. The maximum Gasteiger partial charge on any atom is 0.115 e. The smallest absolute Gasteiger partial charge is 0.115 e. The van der Waals surface area contributed by atoms with Crippen LogP contribution in [-0.2, 0) is 6.42 Å². The van der Waals surface area contributed by atoms with Crippen molar-refractivity contribution in [2.75, 3.05) is 0 Å². The van der Waals surface area contributed by atoms with E-state index in [0.717, 1.165) is 5.56 Å². The summed E-state index contributed by atoms with van der Waals surface area (Å²) in [6, 6.07) is 6.66. The largest absolute Gasteiger partial charge is 0.508 e. The molecule has 0 aromatic heterocycles. The van der Waals surface area contributed by atoms with Crippen molar-refractivity contribution in [2.24, 2.45) is 5.73 Å². The van der Waals surface area contributed by atoms with Crippen LogP contribution in [0.2, 0.25) is 0 Å². The molecule has 0 spiro atoms. The Bertz CT molecular complexity index is 253. The summed E-state index contributed by atoms with van der Waals surface area (Å²) in [6.07, 6.45) is 0.445. The van der Waals surface area contributed by atoms with Gasteiger partial charge in [-0.2, -0.15) is 0 Å². The Morgan fingerprint density at radius 2 is 1.91 bits per heavy atom. The number of phenolic OH excluding ortho intramolecular Hbond substituents is 1. The fourth-order valence-electron chi connectivity index (χ4n) is 0.834. The minimum atomic E-state index is 0.135. The van der Waals surface area contributed by atoms with Gasteiger partial charge in [-0.05, 0) is 17.7 Å². The molecule has 0 bridgehead atoms. The van der Waals surface area contributed by atoms with Gasteiger partial charge in [0.15, 0.2) is 0 Å². The number of aromatic hydroxyl groups is 1. The quantitative estimate of drug-likeness (QED) is 0.432. The third-order valence-corrected chi connectivity index (χ3v) is 1.33. The second kappa shape index (κ2) is 3.05. The van der Waals surface area contributed by atoms with Crippen molar-refractivity contribution < 1.29 is 5.11 Å². The van der Waals surface area contributed by atoms with E-state index in [1.54, 1.807) is 24.3 Å². The molecule has 1 aromatic carbocycles. The Balaban J connectivity index is 2.74. The maximum atomic E-state index is 8.91. The lowest BCUT2D eigenvalue weighted by atomic mass is 10.1. The van der Waals surface area contributed by atoms with Crippen LogP contribution < -0.4 is 5.73 Å². The fraction of sp³-hybridized carbons (Fsp3) is 0.125. The predicted molar refractivity (Wildman–Crippen MR) is 43.7 cm³/mol. The molecule has 0 amide bonds. The van der Waals surface area contributed by atoms with Gasteiger partial charge >= 0.3 is 0 Å². The minimum Gasteiger partial charge on any atom is -0.508 e. The Labute approximate surface area is 65.0 Å². The summed E-state index contributed by atoms with van der Waals surface area (Å²) in [4.78, 5) is 0. The van der Waals surface area contributed by atoms with Crippen LogP contribution in [0.3, 0.4) is 0 Å². The zero-order valence-electron chi connectivity index (χ0n) is 6.04. The van der Waals surface area contributed by atoms with Gasteiger partial charge in [-0.25, -0.2) is 0 Å². The molecule has 0 saturated carbocycles. The molecule has 11 heavy (non-hydrogen) atoms. The van der Waals surface area contributed by atoms with E-state index in [4.69, 9.17) is 16.2 Å². The van der Waals surface area contributed by atoms with Crippen molar-refractivity contribution >= 4 is 5.84 Å². The van der Waals surface area contributed by atoms with Crippen LogP contribution in [0.25, 0.3) is 0 Å². The molecule has 0 unspecified atom stereocenters. The lowest BCUT2D eigenvalue weighted by Crippen LogP contribution is -2.12. The summed E-state index contributed by atoms with van der Waals surface area (Å²) < 4.78 is 0.